The number of nitrogens with zero attached hydrogens (tertiary/aromatic N) is 2. The van der Waals surface area contributed by atoms with Crippen LogP contribution in [0.1, 0.15) is 23.5 Å². The van der Waals surface area contributed by atoms with Gasteiger partial charge in [0, 0.05) is 13.6 Å². The van der Waals surface area contributed by atoms with E-state index in [2.05, 4.69) is 4.98 Å². The Balaban J connectivity index is 2.04. The minimum Gasteiger partial charge on any atom is -0.469 e. The molecule has 0 aliphatic heterocycles. The van der Waals surface area contributed by atoms with E-state index in [9.17, 15) is 9.59 Å². The minimum absolute atomic E-state index is 0.297. The van der Waals surface area contributed by atoms with Crippen LogP contribution in [0.2, 0.25) is 0 Å². The van der Waals surface area contributed by atoms with Crippen molar-refractivity contribution in [1.29, 1.82) is 0 Å². The van der Waals surface area contributed by atoms with Gasteiger partial charge in [-0.25, -0.2) is 9.78 Å². The maximum atomic E-state index is 12.1. The third-order valence-corrected chi connectivity index (χ3v) is 4.44. The number of anilines is 1. The minimum atomic E-state index is -0.681. The summed E-state index contributed by atoms with van der Waals surface area (Å²) in [5, 5.41) is 0.631. The van der Waals surface area contributed by atoms with E-state index < -0.39 is 11.4 Å². The molecule has 0 atom stereocenters. The zero-order valence-electron chi connectivity index (χ0n) is 14.1. The fourth-order valence-electron chi connectivity index (χ4n) is 2.18. The summed E-state index contributed by atoms with van der Waals surface area (Å²) in [4.78, 5) is 30.4. The molecule has 2 rings (SSSR count). The lowest BCUT2D eigenvalue weighted by atomic mass is 9.93. The van der Waals surface area contributed by atoms with Gasteiger partial charge in [0.2, 0.25) is 0 Å². The molecular weight excluding hydrogens is 328 g/mol. The Morgan fingerprint density at radius 1 is 1.25 bits per heavy atom. The van der Waals surface area contributed by atoms with Crippen molar-refractivity contribution in [2.45, 2.75) is 13.8 Å². The fraction of sp³-hybridized carbons (Fsp3) is 0.353. The first kappa shape index (κ1) is 17.9. The highest BCUT2D eigenvalue weighted by Gasteiger charge is 2.31. The van der Waals surface area contributed by atoms with Gasteiger partial charge in [-0.05, 0) is 26.0 Å². The zero-order chi connectivity index (χ0) is 17.7. The van der Waals surface area contributed by atoms with E-state index in [-0.39, 0.29) is 5.97 Å². The highest BCUT2D eigenvalue weighted by atomic mass is 32.1. The standard InChI is InChI=1S/C17H20N2O4S/c1-17(2,15(21)22-4)11-19(3)16-18-10-13(24-16)14(20)23-12-8-6-5-7-9-12/h5-10H,11H2,1-4H3. The average Bonchev–Trinajstić information content (AvgIpc) is 3.05. The second-order valence-electron chi connectivity index (χ2n) is 5.94. The molecule has 0 amide bonds. The Morgan fingerprint density at radius 2 is 1.92 bits per heavy atom. The van der Waals surface area contributed by atoms with Crippen LogP contribution in [0.5, 0.6) is 5.75 Å². The Morgan fingerprint density at radius 3 is 2.54 bits per heavy atom. The number of carbonyl (C=O) groups is 2. The summed E-state index contributed by atoms with van der Waals surface area (Å²) in [6.07, 6.45) is 1.48. The van der Waals surface area contributed by atoms with Crippen LogP contribution < -0.4 is 9.64 Å². The van der Waals surface area contributed by atoms with Gasteiger partial charge in [-0.2, -0.15) is 0 Å². The second-order valence-corrected chi connectivity index (χ2v) is 6.95. The molecule has 6 nitrogen and oxygen atoms in total. The first-order valence-electron chi connectivity index (χ1n) is 7.36. The molecule has 1 aromatic heterocycles. The highest BCUT2D eigenvalue weighted by molar-refractivity contribution is 7.17. The summed E-state index contributed by atoms with van der Waals surface area (Å²) in [5.74, 6) is -0.266. The van der Waals surface area contributed by atoms with Gasteiger partial charge < -0.3 is 14.4 Å². The van der Waals surface area contributed by atoms with Gasteiger partial charge in [-0.1, -0.05) is 29.5 Å². The molecule has 0 spiro atoms. The van der Waals surface area contributed by atoms with E-state index in [4.69, 9.17) is 9.47 Å². The SMILES string of the molecule is COC(=O)C(C)(C)CN(C)c1ncc(C(=O)Oc2ccccc2)s1. The number of benzene rings is 1. The first-order chi connectivity index (χ1) is 11.3. The van der Waals surface area contributed by atoms with E-state index in [0.29, 0.717) is 22.3 Å². The first-order valence-corrected chi connectivity index (χ1v) is 8.18. The quantitative estimate of drug-likeness (QED) is 0.590. The van der Waals surface area contributed by atoms with Crippen molar-refractivity contribution in [3.63, 3.8) is 0 Å². The molecule has 0 radical (unpaired) electrons. The van der Waals surface area contributed by atoms with Crippen LogP contribution in [0.25, 0.3) is 0 Å². The number of hydrogen-bond donors (Lipinski definition) is 0. The Labute approximate surface area is 145 Å². The summed E-state index contributed by atoms with van der Waals surface area (Å²) in [5.41, 5.74) is -0.681. The molecule has 0 N–H and O–H groups in total. The molecule has 0 saturated heterocycles. The number of methoxy groups -OCH3 is 1. The van der Waals surface area contributed by atoms with Crippen LogP contribution in [0.3, 0.4) is 0 Å². The van der Waals surface area contributed by atoms with Crippen molar-refractivity contribution >= 4 is 28.4 Å². The van der Waals surface area contributed by atoms with E-state index in [1.807, 2.05) is 18.0 Å². The monoisotopic (exact) mass is 348 g/mol. The predicted octanol–water partition coefficient (Wildman–Crippen LogP) is 3.00. The second kappa shape index (κ2) is 7.44. The van der Waals surface area contributed by atoms with E-state index in [1.165, 1.54) is 24.6 Å². The number of hydrogen-bond acceptors (Lipinski definition) is 7. The molecule has 1 heterocycles. The number of para-hydroxylation sites is 1. The Bertz CT molecular complexity index is 712. The fourth-order valence-corrected chi connectivity index (χ4v) is 2.94. The maximum Gasteiger partial charge on any atom is 0.355 e. The van der Waals surface area contributed by atoms with Crippen molar-refractivity contribution in [1.82, 2.24) is 4.98 Å². The average molecular weight is 348 g/mol. The van der Waals surface area contributed by atoms with Crippen LogP contribution in [-0.2, 0) is 9.53 Å². The van der Waals surface area contributed by atoms with Gasteiger partial charge in [0.15, 0.2) is 5.13 Å². The largest absolute Gasteiger partial charge is 0.469 e. The van der Waals surface area contributed by atoms with Crippen molar-refractivity contribution in [2.75, 3.05) is 25.6 Å². The third kappa shape index (κ3) is 4.32. The highest BCUT2D eigenvalue weighted by Crippen LogP contribution is 2.27. The van der Waals surface area contributed by atoms with Gasteiger partial charge >= 0.3 is 11.9 Å². The number of aromatic nitrogens is 1. The molecule has 0 aliphatic rings. The van der Waals surface area contributed by atoms with Gasteiger partial charge in [-0.15, -0.1) is 0 Å². The number of ether oxygens (including phenoxy) is 2. The van der Waals surface area contributed by atoms with Crippen LogP contribution in [-0.4, -0.2) is 37.6 Å². The molecule has 0 aliphatic carbocycles. The number of rotatable bonds is 6. The van der Waals surface area contributed by atoms with Gasteiger partial charge in [0.25, 0.3) is 0 Å². The lowest BCUT2D eigenvalue weighted by Gasteiger charge is -2.27. The van der Waals surface area contributed by atoms with Crippen LogP contribution >= 0.6 is 11.3 Å². The number of thiazole rings is 1. The molecule has 0 saturated carbocycles. The van der Waals surface area contributed by atoms with Gasteiger partial charge in [0.05, 0.1) is 18.7 Å². The van der Waals surface area contributed by atoms with Crippen molar-refractivity contribution in [2.24, 2.45) is 5.41 Å². The van der Waals surface area contributed by atoms with Crippen molar-refractivity contribution in [3.8, 4) is 5.75 Å². The predicted molar refractivity (Wildman–Crippen MR) is 92.6 cm³/mol. The third-order valence-electron chi connectivity index (χ3n) is 3.35. The molecule has 0 unspecified atom stereocenters. The number of esters is 2. The lowest BCUT2D eigenvalue weighted by molar-refractivity contribution is -0.150. The molecule has 0 fully saturated rings. The maximum absolute atomic E-state index is 12.1. The van der Waals surface area contributed by atoms with Crippen LogP contribution in [0.4, 0.5) is 5.13 Å². The molecule has 7 heteroatoms. The normalized spacial score (nSPS) is 11.0. The summed E-state index contributed by atoms with van der Waals surface area (Å²) in [7, 11) is 3.18. The molecule has 0 bridgehead atoms. The molecular formula is C17H20N2O4S. The van der Waals surface area contributed by atoms with E-state index in [1.54, 1.807) is 38.1 Å². The lowest BCUT2D eigenvalue weighted by Crippen LogP contribution is -2.38. The molecule has 1 aromatic carbocycles. The smallest absolute Gasteiger partial charge is 0.355 e. The van der Waals surface area contributed by atoms with Crippen LogP contribution in [0, 0.1) is 5.41 Å². The Kier molecular flexibility index (Phi) is 5.56. The summed E-state index contributed by atoms with van der Waals surface area (Å²) in [6, 6.07) is 8.86. The molecule has 24 heavy (non-hydrogen) atoms. The molecule has 128 valence electrons. The summed E-state index contributed by atoms with van der Waals surface area (Å²) < 4.78 is 10.1. The van der Waals surface area contributed by atoms with E-state index in [0.717, 1.165) is 0 Å². The number of carbonyl (C=O) groups excluding carboxylic acids is 2. The van der Waals surface area contributed by atoms with Crippen molar-refractivity contribution in [3.05, 3.63) is 41.4 Å². The van der Waals surface area contributed by atoms with Crippen molar-refractivity contribution < 1.29 is 19.1 Å². The van der Waals surface area contributed by atoms with Gasteiger partial charge in [0.1, 0.15) is 10.6 Å². The van der Waals surface area contributed by atoms with E-state index >= 15 is 0 Å². The topological polar surface area (TPSA) is 68.7 Å². The summed E-state index contributed by atoms with van der Waals surface area (Å²) in [6.45, 7) is 4.02. The van der Waals surface area contributed by atoms with Gasteiger partial charge in [-0.3, -0.25) is 4.79 Å². The molecule has 2 aromatic rings. The van der Waals surface area contributed by atoms with Crippen LogP contribution in [0.15, 0.2) is 36.5 Å². The zero-order valence-corrected chi connectivity index (χ0v) is 14.9. The Hall–Kier alpha value is -2.41. The summed E-state index contributed by atoms with van der Waals surface area (Å²) >= 11 is 1.22.